The zero-order chi connectivity index (χ0) is 15.6. The smallest absolute Gasteiger partial charge is 0.254 e. The molecule has 2 aromatic rings. The first-order chi connectivity index (χ1) is 10.6. The number of carbonyl (C=O) groups excluding carboxylic acids is 1. The zero-order valence-corrected chi connectivity index (χ0v) is 12.2. The van der Waals surface area contributed by atoms with Crippen LogP contribution >= 0.6 is 0 Å². The number of H-pyrrole nitrogens is 1. The van der Waals surface area contributed by atoms with Crippen molar-refractivity contribution in [3.8, 4) is 11.4 Å². The number of nitrogens with one attached hydrogen (secondary N) is 1. The SMILES string of the molecule is O=C(c1ccccc1-c1ncc[nH]1)N1CCC[C@@](O)(CO)C1. The van der Waals surface area contributed by atoms with Crippen LogP contribution in [0.3, 0.4) is 0 Å². The summed E-state index contributed by atoms with van der Waals surface area (Å²) in [5.41, 5.74) is 0.0725. The highest BCUT2D eigenvalue weighted by molar-refractivity contribution is 6.00. The highest BCUT2D eigenvalue weighted by Crippen LogP contribution is 2.26. The van der Waals surface area contributed by atoms with Crippen molar-refractivity contribution in [2.24, 2.45) is 0 Å². The summed E-state index contributed by atoms with van der Waals surface area (Å²) < 4.78 is 0. The zero-order valence-electron chi connectivity index (χ0n) is 12.2. The molecule has 1 aromatic heterocycles. The van der Waals surface area contributed by atoms with Crippen LogP contribution in [0, 0.1) is 0 Å². The molecule has 1 aliphatic heterocycles. The minimum absolute atomic E-state index is 0.148. The van der Waals surface area contributed by atoms with Gasteiger partial charge in [-0.25, -0.2) is 4.98 Å². The fraction of sp³-hybridized carbons (Fsp3) is 0.375. The number of aromatic amines is 1. The van der Waals surface area contributed by atoms with Crippen LogP contribution < -0.4 is 0 Å². The third-order valence-electron chi connectivity index (χ3n) is 4.05. The molecule has 6 nitrogen and oxygen atoms in total. The molecule has 0 bridgehead atoms. The van der Waals surface area contributed by atoms with Crippen molar-refractivity contribution in [3.63, 3.8) is 0 Å². The minimum Gasteiger partial charge on any atom is -0.393 e. The van der Waals surface area contributed by atoms with E-state index < -0.39 is 5.60 Å². The van der Waals surface area contributed by atoms with Gasteiger partial charge in [0.15, 0.2) is 0 Å². The predicted molar refractivity (Wildman–Crippen MR) is 81.2 cm³/mol. The van der Waals surface area contributed by atoms with Crippen LogP contribution in [0.1, 0.15) is 23.2 Å². The van der Waals surface area contributed by atoms with Crippen molar-refractivity contribution in [1.29, 1.82) is 0 Å². The Hall–Kier alpha value is -2.18. The fourth-order valence-electron chi connectivity index (χ4n) is 2.87. The van der Waals surface area contributed by atoms with Crippen LogP contribution in [0.2, 0.25) is 0 Å². The second-order valence-electron chi connectivity index (χ2n) is 5.70. The normalized spacial score (nSPS) is 21.8. The number of benzene rings is 1. The van der Waals surface area contributed by atoms with Crippen LogP contribution in [0.25, 0.3) is 11.4 Å². The number of imidazole rings is 1. The second-order valence-corrected chi connectivity index (χ2v) is 5.70. The molecule has 116 valence electrons. The summed E-state index contributed by atoms with van der Waals surface area (Å²) in [5.74, 6) is 0.483. The number of β-amino-alcohol motifs (C(OH)–C–C–N with tert-alkyl or cyclic N) is 1. The summed E-state index contributed by atoms with van der Waals surface area (Å²) in [6, 6.07) is 7.26. The average molecular weight is 301 g/mol. The third-order valence-corrected chi connectivity index (χ3v) is 4.05. The number of carbonyl (C=O) groups is 1. The van der Waals surface area contributed by atoms with Gasteiger partial charge in [0.25, 0.3) is 5.91 Å². The van der Waals surface area contributed by atoms with Gasteiger partial charge < -0.3 is 20.1 Å². The van der Waals surface area contributed by atoms with E-state index in [1.807, 2.05) is 18.2 Å². The third kappa shape index (κ3) is 2.75. The Morgan fingerprint density at radius 1 is 1.41 bits per heavy atom. The molecule has 1 saturated heterocycles. The van der Waals surface area contributed by atoms with Crippen molar-refractivity contribution in [2.45, 2.75) is 18.4 Å². The molecule has 1 fully saturated rings. The molecule has 1 atom stereocenters. The highest BCUT2D eigenvalue weighted by Gasteiger charge is 2.35. The molecular weight excluding hydrogens is 282 g/mol. The molecule has 1 aliphatic rings. The molecule has 0 saturated carbocycles. The van der Waals surface area contributed by atoms with Crippen LogP contribution in [-0.2, 0) is 0 Å². The molecule has 3 rings (SSSR count). The number of nitrogens with zero attached hydrogens (tertiary/aromatic N) is 2. The van der Waals surface area contributed by atoms with Crippen LogP contribution in [-0.4, -0.2) is 56.3 Å². The van der Waals surface area contributed by atoms with E-state index in [1.54, 1.807) is 23.4 Å². The van der Waals surface area contributed by atoms with Gasteiger partial charge in [-0.15, -0.1) is 0 Å². The molecule has 0 spiro atoms. The molecule has 1 aromatic carbocycles. The Balaban J connectivity index is 1.90. The lowest BCUT2D eigenvalue weighted by Gasteiger charge is -2.38. The molecule has 0 unspecified atom stereocenters. The molecule has 3 N–H and O–H groups in total. The first kappa shape index (κ1) is 14.7. The summed E-state index contributed by atoms with van der Waals surface area (Å²) in [4.78, 5) is 21.6. The molecule has 6 heteroatoms. The van der Waals surface area contributed by atoms with E-state index in [1.165, 1.54) is 0 Å². The van der Waals surface area contributed by atoms with Crippen molar-refractivity contribution in [3.05, 3.63) is 42.2 Å². The lowest BCUT2D eigenvalue weighted by molar-refractivity contribution is -0.0598. The number of aromatic nitrogens is 2. The van der Waals surface area contributed by atoms with Gasteiger partial charge in [0.05, 0.1) is 18.7 Å². The van der Waals surface area contributed by atoms with Gasteiger partial charge in [0, 0.05) is 24.5 Å². The summed E-state index contributed by atoms with van der Waals surface area (Å²) >= 11 is 0. The van der Waals surface area contributed by atoms with Crippen molar-refractivity contribution in [1.82, 2.24) is 14.9 Å². The van der Waals surface area contributed by atoms with Crippen molar-refractivity contribution in [2.75, 3.05) is 19.7 Å². The van der Waals surface area contributed by atoms with Gasteiger partial charge in [-0.3, -0.25) is 4.79 Å². The largest absolute Gasteiger partial charge is 0.393 e. The van der Waals surface area contributed by atoms with E-state index in [4.69, 9.17) is 0 Å². The van der Waals surface area contributed by atoms with E-state index in [0.717, 1.165) is 5.56 Å². The predicted octanol–water partition coefficient (Wildman–Crippen LogP) is 1.04. The number of aliphatic hydroxyl groups excluding tert-OH is 1. The van der Waals surface area contributed by atoms with Crippen LogP contribution in [0.5, 0.6) is 0 Å². The van der Waals surface area contributed by atoms with Gasteiger partial charge in [-0.05, 0) is 18.9 Å². The van der Waals surface area contributed by atoms with E-state index in [0.29, 0.717) is 30.8 Å². The fourth-order valence-corrected chi connectivity index (χ4v) is 2.87. The van der Waals surface area contributed by atoms with Gasteiger partial charge in [0.1, 0.15) is 11.4 Å². The molecule has 2 heterocycles. The standard InChI is InChI=1S/C16H19N3O3/c20-11-16(22)6-3-9-19(10-16)15(21)13-5-2-1-4-12(13)14-17-7-8-18-14/h1-2,4-5,7-8,20,22H,3,6,9-11H2,(H,17,18)/t16-/m0/s1. The Morgan fingerprint density at radius 2 is 2.23 bits per heavy atom. The maximum absolute atomic E-state index is 12.8. The monoisotopic (exact) mass is 301 g/mol. The van der Waals surface area contributed by atoms with Gasteiger partial charge >= 0.3 is 0 Å². The van der Waals surface area contributed by atoms with Crippen molar-refractivity contribution < 1.29 is 15.0 Å². The van der Waals surface area contributed by atoms with Crippen molar-refractivity contribution >= 4 is 5.91 Å². The lowest BCUT2D eigenvalue weighted by atomic mass is 9.93. The molecular formula is C16H19N3O3. The summed E-state index contributed by atoms with van der Waals surface area (Å²) in [6.45, 7) is 0.388. The number of hydrogen-bond donors (Lipinski definition) is 3. The molecule has 1 amide bonds. The quantitative estimate of drug-likeness (QED) is 0.790. The lowest BCUT2D eigenvalue weighted by Crippen LogP contribution is -2.52. The number of piperidine rings is 1. The first-order valence-electron chi connectivity index (χ1n) is 7.34. The Bertz CT molecular complexity index is 656. The number of amides is 1. The van der Waals surface area contributed by atoms with E-state index in [2.05, 4.69) is 9.97 Å². The Kier molecular flexibility index (Phi) is 3.96. The van der Waals surface area contributed by atoms with Crippen LogP contribution in [0.15, 0.2) is 36.7 Å². The summed E-state index contributed by atoms with van der Waals surface area (Å²) in [7, 11) is 0. The van der Waals surface area contributed by atoms with Gasteiger partial charge in [-0.2, -0.15) is 0 Å². The van der Waals surface area contributed by atoms with E-state index >= 15 is 0 Å². The molecule has 0 aliphatic carbocycles. The number of rotatable bonds is 3. The Morgan fingerprint density at radius 3 is 2.95 bits per heavy atom. The van der Waals surface area contributed by atoms with Gasteiger partial charge in [-0.1, -0.05) is 18.2 Å². The minimum atomic E-state index is -1.20. The maximum atomic E-state index is 12.8. The van der Waals surface area contributed by atoms with E-state index in [9.17, 15) is 15.0 Å². The van der Waals surface area contributed by atoms with Crippen LogP contribution in [0.4, 0.5) is 0 Å². The summed E-state index contributed by atoms with van der Waals surface area (Å²) in [6.07, 6.45) is 4.53. The molecule has 22 heavy (non-hydrogen) atoms. The molecule has 0 radical (unpaired) electrons. The van der Waals surface area contributed by atoms with Gasteiger partial charge in [0.2, 0.25) is 0 Å². The number of hydrogen-bond acceptors (Lipinski definition) is 4. The second kappa shape index (κ2) is 5.90. The highest BCUT2D eigenvalue weighted by atomic mass is 16.3. The summed E-state index contributed by atoms with van der Waals surface area (Å²) in [5, 5.41) is 19.6. The van der Waals surface area contributed by atoms with E-state index in [-0.39, 0.29) is 19.1 Å². The maximum Gasteiger partial charge on any atom is 0.254 e. The number of likely N-dealkylation sites (tertiary alicyclic amines) is 1. The topological polar surface area (TPSA) is 89.5 Å². The number of aliphatic hydroxyl groups is 2. The first-order valence-corrected chi connectivity index (χ1v) is 7.34. The Labute approximate surface area is 128 Å². The average Bonchev–Trinajstić information content (AvgIpc) is 3.08.